The van der Waals surface area contributed by atoms with Gasteiger partial charge in [-0.05, 0) is 61.1 Å². The van der Waals surface area contributed by atoms with Crippen LogP contribution in [0.3, 0.4) is 0 Å². The van der Waals surface area contributed by atoms with Gasteiger partial charge in [-0.3, -0.25) is 4.57 Å². The molecule has 2 aromatic carbocycles. The maximum Gasteiger partial charge on any atom is 0.328 e. The molecule has 1 aromatic heterocycles. The Morgan fingerprint density at radius 2 is 1.74 bits per heavy atom. The molecule has 3 N–H and O–H groups in total. The Hall–Kier alpha value is -3.47. The lowest BCUT2D eigenvalue weighted by molar-refractivity contribution is -0.134. The van der Waals surface area contributed by atoms with Gasteiger partial charge in [-0.2, -0.15) is 0 Å². The van der Waals surface area contributed by atoms with E-state index in [1.165, 1.54) is 12.1 Å². The van der Waals surface area contributed by atoms with Gasteiger partial charge in [-0.15, -0.1) is 0 Å². The number of hydrogen-bond acceptors (Lipinski definition) is 5. The SMILES string of the molecule is O=C(O)/C=C\C(=O)O.O=c1[nH]c2cc(Cl)ccc2n1C1CCN(C[C@@H]2CO[C@H](c3ccc(F)cc3)C2)CC1. The van der Waals surface area contributed by atoms with Crippen molar-refractivity contribution in [3.8, 4) is 0 Å². The standard InChI is InChI=1S/C23H25ClFN3O2.C4H4O4/c24-17-3-6-21-20(12-17)26-23(29)28(21)19-7-9-27(10-8-19)13-15-11-22(30-14-15)16-1-4-18(25)5-2-16;5-3(6)1-2-4(7)8/h1-6,12,15,19,22H,7-11,13-14H2,(H,26,29);1-2H,(H,5,6)(H,7,8)/b;2-1-/t15-,22+;/m1./s1. The molecule has 38 heavy (non-hydrogen) atoms. The highest BCUT2D eigenvalue weighted by Gasteiger charge is 2.30. The number of fused-ring (bicyclic) bond motifs is 1. The number of ether oxygens (including phenoxy) is 1. The quantitative estimate of drug-likeness (QED) is 0.395. The van der Waals surface area contributed by atoms with Crippen LogP contribution >= 0.6 is 11.6 Å². The van der Waals surface area contributed by atoms with Crippen molar-refractivity contribution in [2.24, 2.45) is 5.92 Å². The van der Waals surface area contributed by atoms with Crippen LogP contribution in [0, 0.1) is 11.7 Å². The summed E-state index contributed by atoms with van der Waals surface area (Å²) in [6.07, 6.45) is 4.04. The third-order valence-electron chi connectivity index (χ3n) is 6.81. The number of imidazole rings is 1. The zero-order valence-corrected chi connectivity index (χ0v) is 21.3. The molecule has 2 fully saturated rings. The fraction of sp³-hybridized carbons (Fsp3) is 0.370. The van der Waals surface area contributed by atoms with Crippen molar-refractivity contribution < 1.29 is 28.9 Å². The zero-order chi connectivity index (χ0) is 27.2. The number of H-pyrrole nitrogens is 1. The number of carboxylic acid groups (broad SMARTS) is 2. The van der Waals surface area contributed by atoms with E-state index in [0.29, 0.717) is 23.1 Å². The molecule has 2 aliphatic rings. The number of nitrogens with one attached hydrogen (secondary N) is 1. The molecule has 0 spiro atoms. The number of aromatic amines is 1. The van der Waals surface area contributed by atoms with Gasteiger partial charge in [0.15, 0.2) is 0 Å². The smallest absolute Gasteiger partial charge is 0.328 e. The molecule has 2 saturated heterocycles. The second-order valence-electron chi connectivity index (χ2n) is 9.48. The van der Waals surface area contributed by atoms with Crippen LogP contribution in [0.15, 0.2) is 59.4 Å². The van der Waals surface area contributed by atoms with Crippen molar-refractivity contribution in [3.63, 3.8) is 0 Å². The summed E-state index contributed by atoms with van der Waals surface area (Å²) < 4.78 is 21.0. The van der Waals surface area contributed by atoms with Gasteiger partial charge in [-0.1, -0.05) is 23.7 Å². The molecular formula is C27H29ClFN3O6. The molecule has 0 unspecified atom stereocenters. The van der Waals surface area contributed by atoms with Gasteiger partial charge in [-0.25, -0.2) is 18.8 Å². The van der Waals surface area contributed by atoms with Crippen LogP contribution in [0.25, 0.3) is 11.0 Å². The summed E-state index contributed by atoms with van der Waals surface area (Å²) in [6, 6.07) is 12.4. The van der Waals surface area contributed by atoms with Crippen molar-refractivity contribution in [2.45, 2.75) is 31.4 Å². The molecule has 202 valence electrons. The fourth-order valence-corrected chi connectivity index (χ4v) is 5.23. The van der Waals surface area contributed by atoms with E-state index < -0.39 is 11.9 Å². The fourth-order valence-electron chi connectivity index (χ4n) is 5.06. The Balaban J connectivity index is 0.000000368. The Labute approximate surface area is 223 Å². The number of rotatable bonds is 6. The number of aromatic nitrogens is 2. The van der Waals surface area contributed by atoms with E-state index in [1.54, 1.807) is 0 Å². The van der Waals surface area contributed by atoms with E-state index in [2.05, 4.69) is 9.88 Å². The molecule has 11 heteroatoms. The number of nitrogens with zero attached hydrogens (tertiary/aromatic N) is 2. The Bertz CT molecular complexity index is 1350. The van der Waals surface area contributed by atoms with E-state index in [4.69, 9.17) is 26.6 Å². The van der Waals surface area contributed by atoms with E-state index in [9.17, 15) is 18.8 Å². The predicted molar refractivity (Wildman–Crippen MR) is 140 cm³/mol. The molecule has 0 aliphatic carbocycles. The summed E-state index contributed by atoms with van der Waals surface area (Å²) in [7, 11) is 0. The average molecular weight is 546 g/mol. The van der Waals surface area contributed by atoms with Crippen LogP contribution in [-0.4, -0.2) is 62.8 Å². The summed E-state index contributed by atoms with van der Waals surface area (Å²) in [5, 5.41) is 16.3. The summed E-state index contributed by atoms with van der Waals surface area (Å²) in [5.74, 6) is -2.25. The molecule has 5 rings (SSSR count). The normalized spacial score (nSPS) is 20.5. The average Bonchev–Trinajstić information content (AvgIpc) is 3.47. The van der Waals surface area contributed by atoms with E-state index >= 15 is 0 Å². The van der Waals surface area contributed by atoms with Crippen LogP contribution in [0.2, 0.25) is 5.02 Å². The molecule has 2 aliphatic heterocycles. The zero-order valence-electron chi connectivity index (χ0n) is 20.6. The molecule has 9 nitrogen and oxygen atoms in total. The number of carbonyl (C=O) groups is 2. The first-order valence-electron chi connectivity index (χ1n) is 12.3. The third kappa shape index (κ3) is 7.09. The number of benzene rings is 2. The van der Waals surface area contributed by atoms with Gasteiger partial charge in [0.1, 0.15) is 5.82 Å². The Kier molecular flexibility index (Phi) is 8.98. The number of halogens is 2. The van der Waals surface area contributed by atoms with Crippen LogP contribution in [-0.2, 0) is 14.3 Å². The minimum atomic E-state index is -1.26. The number of piperidine rings is 1. The highest BCUT2D eigenvalue weighted by Crippen LogP contribution is 2.34. The van der Waals surface area contributed by atoms with E-state index in [0.717, 1.165) is 62.1 Å². The van der Waals surface area contributed by atoms with Crippen LogP contribution in [0.1, 0.15) is 37.0 Å². The topological polar surface area (TPSA) is 125 Å². The highest BCUT2D eigenvalue weighted by atomic mass is 35.5. The Morgan fingerprint density at radius 1 is 1.08 bits per heavy atom. The lowest BCUT2D eigenvalue weighted by Crippen LogP contribution is -2.39. The molecule has 0 amide bonds. The van der Waals surface area contributed by atoms with Gasteiger partial charge < -0.3 is 24.8 Å². The second-order valence-corrected chi connectivity index (χ2v) is 9.91. The lowest BCUT2D eigenvalue weighted by atomic mass is 9.98. The second kappa shape index (κ2) is 12.4. The van der Waals surface area contributed by atoms with Gasteiger partial charge >= 0.3 is 17.6 Å². The predicted octanol–water partition coefficient (Wildman–Crippen LogP) is 4.25. The summed E-state index contributed by atoms with van der Waals surface area (Å²) >= 11 is 6.06. The molecular weight excluding hydrogens is 517 g/mol. The molecule has 0 bridgehead atoms. The van der Waals surface area contributed by atoms with Crippen molar-refractivity contribution in [3.05, 3.63) is 81.5 Å². The monoisotopic (exact) mass is 545 g/mol. The molecule has 3 aromatic rings. The molecule has 3 heterocycles. The number of likely N-dealkylation sites (tertiary alicyclic amines) is 1. The Morgan fingerprint density at radius 3 is 2.37 bits per heavy atom. The van der Waals surface area contributed by atoms with Crippen molar-refractivity contribution in [1.82, 2.24) is 14.5 Å². The summed E-state index contributed by atoms with van der Waals surface area (Å²) in [4.78, 5) is 37.0. The van der Waals surface area contributed by atoms with Gasteiger partial charge in [0.05, 0.1) is 23.7 Å². The maximum atomic E-state index is 13.1. The number of aliphatic carboxylic acids is 2. The molecule has 0 radical (unpaired) electrons. The van der Waals surface area contributed by atoms with Gasteiger partial charge in [0.25, 0.3) is 0 Å². The first kappa shape index (κ1) is 27.6. The van der Waals surface area contributed by atoms with Crippen molar-refractivity contribution >= 4 is 34.6 Å². The first-order valence-corrected chi connectivity index (χ1v) is 12.7. The summed E-state index contributed by atoms with van der Waals surface area (Å²) in [5.41, 5.74) is 2.72. The number of carboxylic acids is 2. The van der Waals surface area contributed by atoms with Gasteiger partial charge in [0, 0.05) is 42.9 Å². The lowest BCUT2D eigenvalue weighted by Gasteiger charge is -2.33. The number of hydrogen-bond donors (Lipinski definition) is 3. The third-order valence-corrected chi connectivity index (χ3v) is 7.04. The van der Waals surface area contributed by atoms with E-state index in [-0.39, 0.29) is 23.7 Å². The van der Waals surface area contributed by atoms with E-state index in [1.807, 2.05) is 34.9 Å². The largest absolute Gasteiger partial charge is 0.478 e. The molecule has 0 saturated carbocycles. The highest BCUT2D eigenvalue weighted by molar-refractivity contribution is 6.31. The first-order chi connectivity index (χ1) is 18.2. The minimum absolute atomic E-state index is 0.0583. The van der Waals surface area contributed by atoms with Gasteiger partial charge in [0.2, 0.25) is 0 Å². The van der Waals surface area contributed by atoms with Crippen molar-refractivity contribution in [2.75, 3.05) is 26.2 Å². The maximum absolute atomic E-state index is 13.1. The van der Waals surface area contributed by atoms with Crippen LogP contribution in [0.4, 0.5) is 4.39 Å². The minimum Gasteiger partial charge on any atom is -0.478 e. The summed E-state index contributed by atoms with van der Waals surface area (Å²) in [6.45, 7) is 3.68. The van der Waals surface area contributed by atoms with Crippen LogP contribution < -0.4 is 5.69 Å². The molecule has 2 atom stereocenters. The van der Waals surface area contributed by atoms with Crippen molar-refractivity contribution in [1.29, 1.82) is 0 Å². The van der Waals surface area contributed by atoms with Crippen LogP contribution in [0.5, 0.6) is 0 Å².